The normalized spacial score (nSPS) is 16.5. The third kappa shape index (κ3) is 2.82. The summed E-state index contributed by atoms with van der Waals surface area (Å²) in [4.78, 5) is 21.0. The predicted molar refractivity (Wildman–Crippen MR) is 66.3 cm³/mol. The largest absolute Gasteiger partial charge is 0.484 e. The van der Waals surface area contributed by atoms with Crippen LogP contribution in [0, 0.1) is 17.0 Å². The number of aryl methyl sites for hydroxylation is 1. The molecule has 1 aromatic carbocycles. The van der Waals surface area contributed by atoms with Gasteiger partial charge in [-0.3, -0.25) is 14.9 Å². The molecule has 7 heteroatoms. The zero-order chi connectivity index (χ0) is 14.0. The maximum atomic E-state index is 10.8. The molecule has 2 rings (SSSR count). The number of nitrogens with zero attached hydrogens (tertiary/aromatic N) is 1. The molecule has 1 aliphatic rings. The van der Waals surface area contributed by atoms with E-state index in [1.165, 1.54) is 18.2 Å². The van der Waals surface area contributed by atoms with E-state index < -0.39 is 16.5 Å². The van der Waals surface area contributed by atoms with E-state index in [2.05, 4.69) is 5.32 Å². The summed E-state index contributed by atoms with van der Waals surface area (Å²) in [5, 5.41) is 22.5. The highest BCUT2D eigenvalue weighted by molar-refractivity contribution is 5.68. The molecule has 1 heterocycles. The third-order valence-electron chi connectivity index (χ3n) is 3.06. The number of hydrogen-bond donors (Lipinski definition) is 2. The van der Waals surface area contributed by atoms with E-state index in [0.717, 1.165) is 0 Å². The van der Waals surface area contributed by atoms with Crippen molar-refractivity contribution in [3.8, 4) is 5.75 Å². The number of carboxylic acid groups (broad SMARTS) is 1. The van der Waals surface area contributed by atoms with Gasteiger partial charge in [0.15, 0.2) is 0 Å². The molecule has 19 heavy (non-hydrogen) atoms. The molecule has 0 aromatic heterocycles. The molecule has 102 valence electrons. The Balaban J connectivity index is 2.18. The topological polar surface area (TPSA) is 102 Å². The first-order chi connectivity index (χ1) is 8.92. The van der Waals surface area contributed by atoms with E-state index in [1.807, 2.05) is 0 Å². The lowest BCUT2D eigenvalue weighted by molar-refractivity contribution is -0.384. The first kappa shape index (κ1) is 13.3. The number of nitro benzene ring substituents is 1. The number of nitrogens with one attached hydrogen (secondary N) is 1. The summed E-state index contributed by atoms with van der Waals surface area (Å²) in [6.07, 6.45) is -0.101. The maximum Gasteiger partial charge on any atom is 0.307 e. The van der Waals surface area contributed by atoms with Crippen molar-refractivity contribution in [2.75, 3.05) is 13.1 Å². The van der Waals surface area contributed by atoms with Gasteiger partial charge in [-0.25, -0.2) is 0 Å². The van der Waals surface area contributed by atoms with E-state index in [-0.39, 0.29) is 12.1 Å². The van der Waals surface area contributed by atoms with Gasteiger partial charge in [0.2, 0.25) is 0 Å². The van der Waals surface area contributed by atoms with Crippen molar-refractivity contribution in [3.05, 3.63) is 33.9 Å². The van der Waals surface area contributed by atoms with Crippen LogP contribution in [0.1, 0.15) is 12.0 Å². The predicted octanol–water partition coefficient (Wildman–Crippen LogP) is 1.10. The van der Waals surface area contributed by atoms with Crippen LogP contribution in [0.15, 0.2) is 18.2 Å². The van der Waals surface area contributed by atoms with Crippen LogP contribution in [0.25, 0.3) is 0 Å². The van der Waals surface area contributed by atoms with Gasteiger partial charge in [-0.05, 0) is 18.6 Å². The zero-order valence-corrected chi connectivity index (χ0v) is 10.4. The Morgan fingerprint density at radius 2 is 2.26 bits per heavy atom. The molecule has 1 aromatic rings. The molecule has 0 unspecified atom stereocenters. The van der Waals surface area contributed by atoms with Gasteiger partial charge >= 0.3 is 5.97 Å². The average Bonchev–Trinajstić information content (AvgIpc) is 2.27. The lowest BCUT2D eigenvalue weighted by Gasteiger charge is -2.41. The van der Waals surface area contributed by atoms with Crippen LogP contribution in [0.3, 0.4) is 0 Å². The van der Waals surface area contributed by atoms with Crippen LogP contribution in [0.4, 0.5) is 5.69 Å². The highest BCUT2D eigenvalue weighted by atomic mass is 16.6. The number of nitro groups is 1. The van der Waals surface area contributed by atoms with Gasteiger partial charge < -0.3 is 15.2 Å². The van der Waals surface area contributed by atoms with E-state index in [4.69, 9.17) is 9.84 Å². The molecule has 1 saturated heterocycles. The minimum absolute atomic E-state index is 0.0103. The van der Waals surface area contributed by atoms with Crippen molar-refractivity contribution in [1.82, 2.24) is 5.32 Å². The maximum absolute atomic E-state index is 10.8. The number of hydrogen-bond acceptors (Lipinski definition) is 5. The highest BCUT2D eigenvalue weighted by Crippen LogP contribution is 2.30. The van der Waals surface area contributed by atoms with E-state index in [9.17, 15) is 14.9 Å². The van der Waals surface area contributed by atoms with Crippen molar-refractivity contribution >= 4 is 11.7 Å². The standard InChI is InChI=1S/C12H14N2O5/c1-8-4-9(14(17)18)2-3-10(8)19-12(5-11(15)16)6-13-7-12/h2-4,13H,5-7H2,1H3,(H,15,16). The Kier molecular flexibility index (Phi) is 3.39. The third-order valence-corrected chi connectivity index (χ3v) is 3.06. The van der Waals surface area contributed by atoms with Crippen molar-refractivity contribution < 1.29 is 19.6 Å². The molecule has 0 spiro atoms. The lowest BCUT2D eigenvalue weighted by Crippen LogP contribution is -2.64. The van der Waals surface area contributed by atoms with Gasteiger partial charge in [-0.2, -0.15) is 0 Å². The van der Waals surface area contributed by atoms with Gasteiger partial charge in [0, 0.05) is 25.2 Å². The Morgan fingerprint density at radius 1 is 1.58 bits per heavy atom. The quantitative estimate of drug-likeness (QED) is 0.611. The zero-order valence-electron chi connectivity index (χ0n) is 10.4. The molecule has 0 amide bonds. The van der Waals surface area contributed by atoms with Gasteiger partial charge in [-0.1, -0.05) is 0 Å². The second kappa shape index (κ2) is 4.85. The smallest absolute Gasteiger partial charge is 0.307 e. The minimum atomic E-state index is -0.930. The second-order valence-corrected chi connectivity index (χ2v) is 4.67. The summed E-state index contributed by atoms with van der Waals surface area (Å²) in [5.41, 5.74) is -0.151. The number of carboxylic acids is 1. The van der Waals surface area contributed by atoms with Crippen molar-refractivity contribution in [1.29, 1.82) is 0 Å². The van der Waals surface area contributed by atoms with Crippen LogP contribution in [0.2, 0.25) is 0 Å². The summed E-state index contributed by atoms with van der Waals surface area (Å²) in [6.45, 7) is 2.61. The second-order valence-electron chi connectivity index (χ2n) is 4.67. The molecular weight excluding hydrogens is 252 g/mol. The number of benzene rings is 1. The van der Waals surface area contributed by atoms with E-state index >= 15 is 0 Å². The first-order valence-electron chi connectivity index (χ1n) is 5.78. The van der Waals surface area contributed by atoms with Crippen molar-refractivity contribution in [2.24, 2.45) is 0 Å². The van der Waals surface area contributed by atoms with Crippen LogP contribution in [0.5, 0.6) is 5.75 Å². The van der Waals surface area contributed by atoms with Crippen LogP contribution >= 0.6 is 0 Å². The summed E-state index contributed by atoms with van der Waals surface area (Å²) in [7, 11) is 0. The minimum Gasteiger partial charge on any atom is -0.484 e. The van der Waals surface area contributed by atoms with Gasteiger partial charge in [0.1, 0.15) is 11.4 Å². The van der Waals surface area contributed by atoms with Crippen molar-refractivity contribution in [2.45, 2.75) is 18.9 Å². The molecule has 0 atom stereocenters. The Hall–Kier alpha value is -2.15. The summed E-state index contributed by atoms with van der Waals surface area (Å²) in [5.74, 6) is -0.450. The Morgan fingerprint density at radius 3 is 2.68 bits per heavy atom. The SMILES string of the molecule is Cc1cc([N+](=O)[O-])ccc1OC1(CC(=O)O)CNC1. The summed E-state index contributed by atoms with van der Waals surface area (Å²) < 4.78 is 5.75. The van der Waals surface area contributed by atoms with E-state index in [0.29, 0.717) is 24.4 Å². The molecule has 7 nitrogen and oxygen atoms in total. The number of carbonyl (C=O) groups is 1. The molecule has 0 radical (unpaired) electrons. The van der Waals surface area contributed by atoms with Crippen LogP contribution < -0.4 is 10.1 Å². The summed E-state index contributed by atoms with van der Waals surface area (Å²) in [6, 6.07) is 4.27. The average molecular weight is 266 g/mol. The van der Waals surface area contributed by atoms with Crippen LogP contribution in [-0.4, -0.2) is 34.7 Å². The molecule has 0 saturated carbocycles. The molecule has 0 aliphatic carbocycles. The number of non-ortho nitro benzene ring substituents is 1. The fraction of sp³-hybridized carbons (Fsp3) is 0.417. The number of rotatable bonds is 5. The summed E-state index contributed by atoms with van der Waals surface area (Å²) >= 11 is 0. The lowest BCUT2D eigenvalue weighted by atomic mass is 9.92. The van der Waals surface area contributed by atoms with Crippen molar-refractivity contribution in [3.63, 3.8) is 0 Å². The molecule has 2 N–H and O–H groups in total. The van der Waals surface area contributed by atoms with Crippen LogP contribution in [-0.2, 0) is 4.79 Å². The fourth-order valence-electron chi connectivity index (χ4n) is 2.01. The van der Waals surface area contributed by atoms with Gasteiger partial charge in [0.05, 0.1) is 11.3 Å². The van der Waals surface area contributed by atoms with E-state index in [1.54, 1.807) is 6.92 Å². The molecular formula is C12H14N2O5. The van der Waals surface area contributed by atoms with Gasteiger partial charge in [-0.15, -0.1) is 0 Å². The Labute approximate surface area is 109 Å². The molecule has 1 aliphatic heterocycles. The Bertz CT molecular complexity index is 525. The first-order valence-corrected chi connectivity index (χ1v) is 5.78. The fourth-order valence-corrected chi connectivity index (χ4v) is 2.01. The van der Waals surface area contributed by atoms with Gasteiger partial charge in [0.25, 0.3) is 5.69 Å². The molecule has 0 bridgehead atoms. The highest BCUT2D eigenvalue weighted by Gasteiger charge is 2.41. The number of ether oxygens (including phenoxy) is 1. The molecule has 1 fully saturated rings. The monoisotopic (exact) mass is 266 g/mol. The number of aliphatic carboxylic acids is 1.